The number of hydrogen-bond acceptors (Lipinski definition) is 0. The normalized spacial score (nSPS) is 61.4. The van der Waals surface area contributed by atoms with Gasteiger partial charge in [0.1, 0.15) is 0 Å². The molecule has 0 aromatic heterocycles. The predicted octanol–water partition coefficient (Wildman–Crippen LogP) is 2.25. The summed E-state index contributed by atoms with van der Waals surface area (Å²) in [6.45, 7) is 2.45. The van der Waals surface area contributed by atoms with Crippen LogP contribution >= 0.6 is 0 Å². The summed E-state index contributed by atoms with van der Waals surface area (Å²) in [6, 6.07) is 0. The Bertz CT molecular complexity index is 213. The molecule has 3 fully saturated rings. The zero-order chi connectivity index (χ0) is 8.34. The minimum absolute atomic E-state index is 0.893. The van der Waals surface area contributed by atoms with Crippen LogP contribution in [-0.2, 0) is 0 Å². The Balaban J connectivity index is 1.92. The van der Waals surface area contributed by atoms with E-state index in [2.05, 4.69) is 6.92 Å². The molecule has 0 nitrogen and oxygen atoms in total. The standard InChI is InChI=1S/C11H17.In.2H/c1-2-11-4-3-8(7-11)5-9-6-10(9)11;;;/h6,8-10H,2-5,7H2,1H3;;;/t8-,9?,10?,11?;;;/m1.../s1. The first-order chi connectivity index (χ1) is 5.77. The van der Waals surface area contributed by atoms with Gasteiger partial charge in [0.25, 0.3) is 0 Å². The van der Waals surface area contributed by atoms with E-state index in [-0.39, 0.29) is 0 Å². The number of rotatable bonds is 1. The van der Waals surface area contributed by atoms with Crippen molar-refractivity contribution < 1.29 is 0 Å². The zero-order valence-corrected chi connectivity index (χ0v) is 14.1. The van der Waals surface area contributed by atoms with E-state index < -0.39 is 0 Å². The van der Waals surface area contributed by atoms with Crippen LogP contribution < -0.4 is 0 Å². The van der Waals surface area contributed by atoms with E-state index in [1.54, 1.807) is 25.7 Å². The molecule has 1 heteroatoms. The Kier molecular flexibility index (Phi) is 1.68. The Labute approximate surface area is 90.1 Å². The van der Waals surface area contributed by atoms with Crippen molar-refractivity contribution in [3.63, 3.8) is 0 Å². The third kappa shape index (κ3) is 0.871. The topological polar surface area (TPSA) is 0 Å². The molecule has 0 aliphatic heterocycles. The van der Waals surface area contributed by atoms with Gasteiger partial charge in [0.15, 0.2) is 0 Å². The molecule has 0 radical (unpaired) electrons. The molecule has 0 aromatic rings. The van der Waals surface area contributed by atoms with Gasteiger partial charge in [0.2, 0.25) is 0 Å². The van der Waals surface area contributed by atoms with Gasteiger partial charge in [0, 0.05) is 0 Å². The average Bonchev–Trinajstić information content (AvgIpc) is 2.60. The van der Waals surface area contributed by atoms with Gasteiger partial charge in [-0.3, -0.25) is 0 Å². The van der Waals surface area contributed by atoms with Gasteiger partial charge < -0.3 is 0 Å². The second-order valence-corrected chi connectivity index (χ2v) is 9.41. The fourth-order valence-corrected chi connectivity index (χ4v) is 9.39. The van der Waals surface area contributed by atoms with E-state index in [0.717, 1.165) is 29.8 Å². The van der Waals surface area contributed by atoms with Crippen molar-refractivity contribution in [3.8, 4) is 0 Å². The number of hydrogen-bond donors (Lipinski definition) is 0. The van der Waals surface area contributed by atoms with Crippen molar-refractivity contribution in [1.29, 1.82) is 0 Å². The molecule has 2 bridgehead atoms. The molecule has 0 saturated heterocycles. The molecule has 0 N–H and O–H groups in total. The van der Waals surface area contributed by atoms with Crippen molar-refractivity contribution in [1.82, 2.24) is 0 Å². The molecule has 3 aliphatic rings. The second-order valence-electron chi connectivity index (χ2n) is 5.61. The van der Waals surface area contributed by atoms with E-state index in [4.69, 9.17) is 0 Å². The van der Waals surface area contributed by atoms with Crippen LogP contribution in [0.15, 0.2) is 0 Å². The van der Waals surface area contributed by atoms with Crippen molar-refractivity contribution >= 4 is 24.4 Å². The molecule has 3 aliphatic carbocycles. The Morgan fingerprint density at radius 1 is 1.50 bits per heavy atom. The van der Waals surface area contributed by atoms with Crippen molar-refractivity contribution in [2.75, 3.05) is 0 Å². The van der Waals surface area contributed by atoms with E-state index in [1.807, 2.05) is 0 Å². The van der Waals surface area contributed by atoms with Crippen LogP contribution in [0.4, 0.5) is 0 Å². The van der Waals surface area contributed by atoms with Crippen LogP contribution in [0.2, 0.25) is 3.67 Å². The van der Waals surface area contributed by atoms with Crippen LogP contribution in [0.3, 0.4) is 0 Å². The summed E-state index contributed by atoms with van der Waals surface area (Å²) in [5.74, 6) is 3.67. The van der Waals surface area contributed by atoms with Crippen LogP contribution in [0, 0.1) is 23.2 Å². The van der Waals surface area contributed by atoms with E-state index in [9.17, 15) is 0 Å². The molecule has 0 spiro atoms. The summed E-state index contributed by atoms with van der Waals surface area (Å²) in [5, 5.41) is 0. The Morgan fingerprint density at radius 2 is 2.33 bits per heavy atom. The van der Waals surface area contributed by atoms with Gasteiger partial charge >= 0.3 is 90.2 Å². The molecule has 0 aromatic carbocycles. The Hall–Kier alpha value is 0.870. The van der Waals surface area contributed by atoms with Gasteiger partial charge in [-0.05, 0) is 0 Å². The number of fused-ring (bicyclic) bond motifs is 4. The first-order valence-electron chi connectivity index (χ1n) is 5.77. The van der Waals surface area contributed by atoms with E-state index in [1.165, 1.54) is 27.8 Å². The minimum atomic E-state index is 0.893. The summed E-state index contributed by atoms with van der Waals surface area (Å²) < 4.78 is 1.30. The summed E-state index contributed by atoms with van der Waals surface area (Å²) >= 11 is 0.971. The van der Waals surface area contributed by atoms with Crippen LogP contribution in [0.5, 0.6) is 0 Å². The van der Waals surface area contributed by atoms with Crippen molar-refractivity contribution in [2.24, 2.45) is 23.2 Å². The molecule has 3 saturated carbocycles. The monoisotopic (exact) mass is 266 g/mol. The molecule has 0 amide bonds. The molecule has 4 unspecified atom stereocenters. The average molecular weight is 266 g/mol. The van der Waals surface area contributed by atoms with Gasteiger partial charge in [-0.15, -0.1) is 0 Å². The van der Waals surface area contributed by atoms with Gasteiger partial charge in [-0.1, -0.05) is 0 Å². The van der Waals surface area contributed by atoms with Gasteiger partial charge in [0.05, 0.1) is 0 Å². The van der Waals surface area contributed by atoms with Crippen molar-refractivity contribution in [2.45, 2.75) is 42.7 Å². The Morgan fingerprint density at radius 3 is 3.08 bits per heavy atom. The first-order valence-corrected chi connectivity index (χ1v) is 9.06. The summed E-state index contributed by atoms with van der Waals surface area (Å²) in [5.41, 5.74) is 0.893. The quantitative estimate of drug-likeness (QED) is 0.683. The predicted molar refractivity (Wildman–Crippen MR) is 54.0 cm³/mol. The third-order valence-corrected chi connectivity index (χ3v) is 9.82. The van der Waals surface area contributed by atoms with Gasteiger partial charge in [-0.2, -0.15) is 0 Å². The fraction of sp³-hybridized carbons (Fsp3) is 1.00. The second kappa shape index (κ2) is 2.46. The molecule has 66 valence electrons. The molecule has 3 rings (SSSR count). The molecule has 0 heterocycles. The van der Waals surface area contributed by atoms with E-state index in [0.29, 0.717) is 0 Å². The maximum absolute atomic E-state index is 2.45. The van der Waals surface area contributed by atoms with Crippen LogP contribution in [-0.4, -0.2) is 24.4 Å². The summed E-state index contributed by atoms with van der Waals surface area (Å²) in [4.78, 5) is 0. The molecular weight excluding hydrogens is 247 g/mol. The summed E-state index contributed by atoms with van der Waals surface area (Å²) in [7, 11) is 0. The van der Waals surface area contributed by atoms with Crippen molar-refractivity contribution in [3.05, 3.63) is 0 Å². The SMILES string of the molecule is CCC12CC[C@H](CC3[CH]([InH2])C31)C2. The van der Waals surface area contributed by atoms with E-state index >= 15 is 0 Å². The van der Waals surface area contributed by atoms with Crippen LogP contribution in [0.1, 0.15) is 39.0 Å². The fourth-order valence-electron chi connectivity index (χ4n) is 4.63. The molecule has 12 heavy (non-hydrogen) atoms. The molecular formula is C11H19In. The first kappa shape index (κ1) is 8.20. The third-order valence-electron chi connectivity index (χ3n) is 5.32. The maximum atomic E-state index is 2.45. The zero-order valence-electron chi connectivity index (χ0n) is 8.34. The van der Waals surface area contributed by atoms with Gasteiger partial charge in [-0.25, -0.2) is 0 Å². The van der Waals surface area contributed by atoms with Crippen LogP contribution in [0.25, 0.3) is 0 Å². The summed E-state index contributed by atoms with van der Waals surface area (Å²) in [6.07, 6.45) is 7.96. The molecule has 5 atom stereocenters.